The van der Waals surface area contributed by atoms with Gasteiger partial charge in [-0.2, -0.15) is 13.2 Å². The fraction of sp³-hybridized carbons (Fsp3) is 0.625. The number of aryl methyl sites for hydroxylation is 2. The van der Waals surface area contributed by atoms with Crippen LogP contribution in [0.4, 0.5) is 13.2 Å². The first kappa shape index (κ1) is 18.6. The highest BCUT2D eigenvalue weighted by molar-refractivity contribution is 7.99. The fourth-order valence-electron chi connectivity index (χ4n) is 3.08. The number of rotatable bonds is 3. The van der Waals surface area contributed by atoms with E-state index in [9.17, 15) is 22.8 Å². The molecule has 1 saturated heterocycles. The van der Waals surface area contributed by atoms with Crippen LogP contribution in [0.1, 0.15) is 39.4 Å². The van der Waals surface area contributed by atoms with Gasteiger partial charge in [-0.05, 0) is 37.3 Å². The Balaban J connectivity index is 1.69. The number of nitrogens with one attached hydrogen (secondary N) is 1. The maximum atomic E-state index is 12.8. The zero-order valence-electron chi connectivity index (χ0n) is 13.5. The number of carbonyl (C=O) groups excluding carboxylic acids is 2. The van der Waals surface area contributed by atoms with Gasteiger partial charge in [0.15, 0.2) is 0 Å². The maximum Gasteiger partial charge on any atom is 0.405 e. The van der Waals surface area contributed by atoms with Crippen LogP contribution in [0, 0.1) is 0 Å². The average Bonchev–Trinajstić information content (AvgIpc) is 3.14. The van der Waals surface area contributed by atoms with E-state index in [1.807, 2.05) is 11.4 Å². The van der Waals surface area contributed by atoms with Gasteiger partial charge in [-0.1, -0.05) is 6.42 Å². The Morgan fingerprint density at radius 3 is 2.76 bits per heavy atom. The van der Waals surface area contributed by atoms with Gasteiger partial charge < -0.3 is 10.2 Å². The van der Waals surface area contributed by atoms with E-state index in [1.165, 1.54) is 44.9 Å². The molecular weight excluding hydrogens is 373 g/mol. The quantitative estimate of drug-likeness (QED) is 0.804. The minimum atomic E-state index is -4.46. The van der Waals surface area contributed by atoms with Crippen LogP contribution in [0.5, 0.6) is 0 Å². The van der Waals surface area contributed by atoms with Crippen molar-refractivity contribution in [2.45, 2.75) is 44.3 Å². The Bertz CT molecular complexity index is 637. The van der Waals surface area contributed by atoms with E-state index in [0.717, 1.165) is 25.7 Å². The fourth-order valence-corrected chi connectivity index (χ4v) is 5.44. The molecule has 0 saturated carbocycles. The summed E-state index contributed by atoms with van der Waals surface area (Å²) in [4.78, 5) is 28.1. The predicted octanol–water partition coefficient (Wildman–Crippen LogP) is 3.21. The molecule has 0 bridgehead atoms. The zero-order chi connectivity index (χ0) is 18.0. The molecular formula is C16H19F3N2O2S2. The second-order valence-electron chi connectivity index (χ2n) is 6.24. The second-order valence-corrected chi connectivity index (χ2v) is 8.38. The number of carbonyl (C=O) groups is 2. The molecule has 2 heterocycles. The van der Waals surface area contributed by atoms with E-state index in [4.69, 9.17) is 0 Å². The lowest BCUT2D eigenvalue weighted by molar-refractivity contribution is -0.140. The molecule has 0 radical (unpaired) electrons. The van der Waals surface area contributed by atoms with E-state index in [2.05, 4.69) is 0 Å². The highest BCUT2D eigenvalue weighted by Gasteiger charge is 2.37. The van der Waals surface area contributed by atoms with Crippen molar-refractivity contribution < 1.29 is 22.8 Å². The number of thiophene rings is 1. The van der Waals surface area contributed by atoms with Gasteiger partial charge in [0.2, 0.25) is 5.91 Å². The third kappa shape index (κ3) is 4.49. The number of fused-ring (bicyclic) bond motifs is 1. The van der Waals surface area contributed by atoms with Crippen LogP contribution in [0.15, 0.2) is 6.07 Å². The molecule has 1 fully saturated rings. The highest BCUT2D eigenvalue weighted by atomic mass is 32.2. The number of hydrogen-bond donors (Lipinski definition) is 1. The molecule has 25 heavy (non-hydrogen) atoms. The number of hydrogen-bond acceptors (Lipinski definition) is 4. The summed E-state index contributed by atoms with van der Waals surface area (Å²) in [6.07, 6.45) is 0.889. The van der Waals surface area contributed by atoms with Gasteiger partial charge in [0.25, 0.3) is 5.91 Å². The summed E-state index contributed by atoms with van der Waals surface area (Å²) in [5, 5.41) is 1.89. The standard InChI is InChI=1S/C16H19F3N2O2S2/c17-16(18,19)8-20-14(22)11-7-24-9-21(11)15(23)13-6-10-4-2-1-3-5-12(10)25-13/h6,11H,1-5,7-9H2,(H,20,22)/t11-/m1/s1. The summed E-state index contributed by atoms with van der Waals surface area (Å²) in [6, 6.07) is 1.06. The average molecular weight is 392 g/mol. The van der Waals surface area contributed by atoms with Gasteiger partial charge in [0, 0.05) is 10.6 Å². The molecule has 4 nitrogen and oxygen atoms in total. The van der Waals surface area contributed by atoms with Gasteiger partial charge in [-0.25, -0.2) is 0 Å². The van der Waals surface area contributed by atoms with Gasteiger partial charge >= 0.3 is 6.18 Å². The smallest absolute Gasteiger partial charge is 0.345 e. The van der Waals surface area contributed by atoms with Crippen LogP contribution in [0.25, 0.3) is 0 Å². The number of amides is 2. The van der Waals surface area contributed by atoms with Crippen molar-refractivity contribution >= 4 is 34.9 Å². The van der Waals surface area contributed by atoms with Crippen molar-refractivity contribution in [3.63, 3.8) is 0 Å². The van der Waals surface area contributed by atoms with Crippen LogP contribution in [-0.4, -0.2) is 47.1 Å². The summed E-state index contributed by atoms with van der Waals surface area (Å²) < 4.78 is 36.9. The molecule has 1 aromatic heterocycles. The number of thioether (sulfide) groups is 1. The van der Waals surface area contributed by atoms with Gasteiger partial charge in [-0.3, -0.25) is 9.59 Å². The topological polar surface area (TPSA) is 49.4 Å². The van der Waals surface area contributed by atoms with Crippen molar-refractivity contribution in [2.24, 2.45) is 0 Å². The SMILES string of the molecule is O=C(NCC(F)(F)F)[C@H]1CSCN1C(=O)c1cc2c(s1)CCCCC2. The van der Waals surface area contributed by atoms with E-state index >= 15 is 0 Å². The molecule has 2 amide bonds. The Labute approximate surface area is 152 Å². The number of alkyl halides is 3. The van der Waals surface area contributed by atoms with Crippen molar-refractivity contribution in [1.82, 2.24) is 10.2 Å². The first-order valence-corrected chi connectivity index (χ1v) is 10.2. The van der Waals surface area contributed by atoms with Crippen molar-refractivity contribution in [2.75, 3.05) is 18.2 Å². The van der Waals surface area contributed by atoms with Crippen LogP contribution < -0.4 is 5.32 Å². The maximum absolute atomic E-state index is 12.8. The summed E-state index contributed by atoms with van der Waals surface area (Å²) in [6.45, 7) is -1.37. The molecule has 1 aliphatic carbocycles. The minimum absolute atomic E-state index is 0.254. The lowest BCUT2D eigenvalue weighted by Gasteiger charge is -2.22. The Hall–Kier alpha value is -1.22. The molecule has 1 aliphatic heterocycles. The molecule has 9 heteroatoms. The van der Waals surface area contributed by atoms with E-state index < -0.39 is 24.7 Å². The zero-order valence-corrected chi connectivity index (χ0v) is 15.2. The molecule has 1 atom stereocenters. The monoisotopic (exact) mass is 392 g/mol. The van der Waals surface area contributed by atoms with Gasteiger partial charge in [0.05, 0.1) is 10.8 Å². The third-order valence-corrected chi connectivity index (χ3v) is 6.60. The number of nitrogens with zero attached hydrogens (tertiary/aromatic N) is 1. The normalized spacial score (nSPS) is 20.9. The molecule has 1 N–H and O–H groups in total. The van der Waals surface area contributed by atoms with Gasteiger partial charge in [-0.15, -0.1) is 23.1 Å². The largest absolute Gasteiger partial charge is 0.405 e. The Morgan fingerprint density at radius 2 is 2.00 bits per heavy atom. The second kappa shape index (κ2) is 7.57. The Kier molecular flexibility index (Phi) is 5.62. The minimum Gasteiger partial charge on any atom is -0.345 e. The van der Waals surface area contributed by atoms with Crippen LogP contribution >= 0.6 is 23.1 Å². The summed E-state index contributed by atoms with van der Waals surface area (Å²) in [7, 11) is 0. The summed E-state index contributed by atoms with van der Waals surface area (Å²) in [5.74, 6) is -0.351. The molecule has 0 spiro atoms. The molecule has 0 aromatic carbocycles. The van der Waals surface area contributed by atoms with Crippen molar-refractivity contribution in [3.05, 3.63) is 21.4 Å². The van der Waals surface area contributed by atoms with Crippen molar-refractivity contribution in [1.29, 1.82) is 0 Å². The molecule has 3 rings (SSSR count). The molecule has 1 aromatic rings. The van der Waals surface area contributed by atoms with Crippen LogP contribution in [0.2, 0.25) is 0 Å². The molecule has 2 aliphatic rings. The van der Waals surface area contributed by atoms with Gasteiger partial charge in [0.1, 0.15) is 12.6 Å². The predicted molar refractivity (Wildman–Crippen MR) is 91.9 cm³/mol. The summed E-state index contributed by atoms with van der Waals surface area (Å²) >= 11 is 2.84. The lowest BCUT2D eigenvalue weighted by Crippen LogP contribution is -2.49. The number of halogens is 3. The van der Waals surface area contributed by atoms with E-state index in [1.54, 1.807) is 0 Å². The van der Waals surface area contributed by atoms with Crippen LogP contribution in [-0.2, 0) is 17.6 Å². The molecule has 138 valence electrons. The lowest BCUT2D eigenvalue weighted by atomic mass is 10.1. The van der Waals surface area contributed by atoms with Crippen molar-refractivity contribution in [3.8, 4) is 0 Å². The van der Waals surface area contributed by atoms with E-state index in [-0.39, 0.29) is 5.91 Å². The highest BCUT2D eigenvalue weighted by Crippen LogP contribution is 2.32. The van der Waals surface area contributed by atoms with E-state index in [0.29, 0.717) is 16.5 Å². The first-order valence-electron chi connectivity index (χ1n) is 8.20. The summed E-state index contributed by atoms with van der Waals surface area (Å²) in [5.41, 5.74) is 1.20. The Morgan fingerprint density at radius 1 is 1.24 bits per heavy atom. The molecule has 0 unspecified atom stereocenters. The van der Waals surface area contributed by atoms with Crippen LogP contribution in [0.3, 0.4) is 0 Å². The third-order valence-electron chi connectivity index (χ3n) is 4.37. The first-order chi connectivity index (χ1) is 11.8.